The maximum Gasteiger partial charge on any atom is 0.160 e. The quantitative estimate of drug-likeness (QED) is 0.152. The third-order valence-electron chi connectivity index (χ3n) is 15.4. The van der Waals surface area contributed by atoms with E-state index in [1.54, 1.807) is 0 Å². The Hall–Kier alpha value is -10.1. The standard InChI is InChI=1S/C71H47N5/c1-46-42-53(49-30-28-47(29-31-49)48-32-34-51(35-33-48)63-45-62(50-16-4-2-5-17-50)72-71(73-63)52-18-6-3-7-19-52)36-39-64(46)76-69-40-37-54(74-65-24-12-8-20-56(65)57-21-9-13-25-66(57)74)43-60(69)61-44-55(38-41-70(61)76)75-67-26-14-10-22-58(67)59-23-11-15-27-68(59)75/h2-45H,1H3. The minimum atomic E-state index is 0.713. The van der Waals surface area contributed by atoms with Crippen molar-refractivity contribution in [2.24, 2.45) is 0 Å². The van der Waals surface area contributed by atoms with E-state index in [0.717, 1.165) is 67.3 Å². The molecule has 5 heteroatoms. The van der Waals surface area contributed by atoms with Crippen LogP contribution in [0, 0.1) is 6.92 Å². The predicted octanol–water partition coefficient (Wildman–Crippen LogP) is 18.4. The van der Waals surface area contributed by atoms with E-state index in [0.29, 0.717) is 5.82 Å². The highest BCUT2D eigenvalue weighted by Gasteiger charge is 2.20. The van der Waals surface area contributed by atoms with Gasteiger partial charge in [0.05, 0.1) is 44.5 Å². The van der Waals surface area contributed by atoms with E-state index in [9.17, 15) is 0 Å². The summed E-state index contributed by atoms with van der Waals surface area (Å²) in [6, 6.07) is 96.3. The van der Waals surface area contributed by atoms with Crippen LogP contribution in [0.4, 0.5) is 0 Å². The Balaban J connectivity index is 0.802. The van der Waals surface area contributed by atoms with Crippen molar-refractivity contribution in [3.05, 3.63) is 272 Å². The molecule has 0 aliphatic rings. The lowest BCUT2D eigenvalue weighted by Gasteiger charge is -2.14. The molecule has 0 bridgehead atoms. The average Bonchev–Trinajstić information content (AvgIpc) is 4.15. The largest absolute Gasteiger partial charge is 0.309 e. The fourth-order valence-electron chi connectivity index (χ4n) is 11.8. The van der Waals surface area contributed by atoms with Crippen LogP contribution in [-0.2, 0) is 0 Å². The Bertz CT molecular complexity index is 4400. The summed E-state index contributed by atoms with van der Waals surface area (Å²) >= 11 is 0. The van der Waals surface area contributed by atoms with Crippen LogP contribution in [0.25, 0.3) is 139 Å². The van der Waals surface area contributed by atoms with Gasteiger partial charge in [-0.05, 0) is 114 Å². The van der Waals surface area contributed by atoms with Crippen molar-refractivity contribution in [3.63, 3.8) is 0 Å². The van der Waals surface area contributed by atoms with Crippen LogP contribution in [0.5, 0.6) is 0 Å². The molecule has 5 nitrogen and oxygen atoms in total. The molecule has 15 rings (SSSR count). The molecule has 0 spiro atoms. The first-order chi connectivity index (χ1) is 37.6. The van der Waals surface area contributed by atoms with Crippen LogP contribution in [0.15, 0.2) is 267 Å². The van der Waals surface area contributed by atoms with Crippen LogP contribution in [0.2, 0.25) is 0 Å². The molecule has 11 aromatic carbocycles. The lowest BCUT2D eigenvalue weighted by atomic mass is 9.97. The molecule has 0 aliphatic heterocycles. The first-order valence-electron chi connectivity index (χ1n) is 26.0. The molecule has 0 amide bonds. The summed E-state index contributed by atoms with van der Waals surface area (Å²) in [5.41, 5.74) is 21.3. The third-order valence-corrected chi connectivity index (χ3v) is 15.4. The molecule has 356 valence electrons. The summed E-state index contributed by atoms with van der Waals surface area (Å²) in [6.07, 6.45) is 0. The first-order valence-corrected chi connectivity index (χ1v) is 26.0. The molecule has 0 saturated carbocycles. The van der Waals surface area contributed by atoms with Gasteiger partial charge in [-0.15, -0.1) is 0 Å². The SMILES string of the molecule is Cc1cc(-c2ccc(-c3ccc(-c4cc(-c5ccccc5)nc(-c5ccccc5)n4)cc3)cc2)ccc1-n1c2ccc(-n3c4ccccc4c4ccccc43)cc2c2cc(-n3c4ccccc4c4ccccc43)ccc21. The molecule has 0 radical (unpaired) electrons. The number of aryl methyl sites for hydroxylation is 1. The fraction of sp³-hybridized carbons (Fsp3) is 0.0141. The average molecular weight is 970 g/mol. The molecule has 0 unspecified atom stereocenters. The monoisotopic (exact) mass is 969 g/mol. The molecular formula is C71H47N5. The minimum Gasteiger partial charge on any atom is -0.309 e. The molecule has 76 heavy (non-hydrogen) atoms. The number of hydrogen-bond donors (Lipinski definition) is 0. The van der Waals surface area contributed by atoms with E-state index < -0.39 is 0 Å². The van der Waals surface area contributed by atoms with Gasteiger partial charge >= 0.3 is 0 Å². The van der Waals surface area contributed by atoms with Crippen molar-refractivity contribution in [2.45, 2.75) is 6.92 Å². The molecule has 0 N–H and O–H groups in total. The van der Waals surface area contributed by atoms with Crippen LogP contribution < -0.4 is 0 Å². The number of hydrogen-bond acceptors (Lipinski definition) is 2. The summed E-state index contributed by atoms with van der Waals surface area (Å²) in [7, 11) is 0. The van der Waals surface area contributed by atoms with E-state index in [1.165, 1.54) is 71.1 Å². The van der Waals surface area contributed by atoms with Gasteiger partial charge in [-0.1, -0.05) is 188 Å². The minimum absolute atomic E-state index is 0.713. The Kier molecular flexibility index (Phi) is 10.0. The summed E-state index contributed by atoms with van der Waals surface area (Å²) in [6.45, 7) is 2.24. The fourth-order valence-corrected chi connectivity index (χ4v) is 11.8. The van der Waals surface area contributed by atoms with Crippen molar-refractivity contribution >= 4 is 65.4 Å². The molecule has 4 heterocycles. The van der Waals surface area contributed by atoms with Crippen LogP contribution in [-0.4, -0.2) is 23.7 Å². The van der Waals surface area contributed by atoms with E-state index in [4.69, 9.17) is 9.97 Å². The second-order valence-corrected chi connectivity index (χ2v) is 19.8. The zero-order valence-corrected chi connectivity index (χ0v) is 41.6. The second kappa shape index (κ2) is 17.5. The topological polar surface area (TPSA) is 40.6 Å². The Morgan fingerprint density at radius 1 is 0.250 bits per heavy atom. The number of para-hydroxylation sites is 4. The zero-order chi connectivity index (χ0) is 50.3. The number of rotatable bonds is 8. The number of benzene rings is 11. The van der Waals surface area contributed by atoms with Gasteiger partial charge in [0.25, 0.3) is 0 Å². The molecule has 0 fully saturated rings. The summed E-state index contributed by atoms with van der Waals surface area (Å²) in [5.74, 6) is 0.713. The van der Waals surface area contributed by atoms with Gasteiger partial charge in [-0.2, -0.15) is 0 Å². The lowest BCUT2D eigenvalue weighted by Crippen LogP contribution is -1.98. The van der Waals surface area contributed by atoms with E-state index in [1.807, 2.05) is 36.4 Å². The molecular weight excluding hydrogens is 923 g/mol. The van der Waals surface area contributed by atoms with Crippen molar-refractivity contribution in [1.82, 2.24) is 23.7 Å². The number of fused-ring (bicyclic) bond motifs is 9. The summed E-state index contributed by atoms with van der Waals surface area (Å²) in [5, 5.41) is 7.42. The Labute approximate surface area is 439 Å². The van der Waals surface area contributed by atoms with Crippen molar-refractivity contribution in [3.8, 4) is 73.2 Å². The van der Waals surface area contributed by atoms with Gasteiger partial charge in [-0.3, -0.25) is 0 Å². The molecule has 0 saturated heterocycles. The number of aromatic nitrogens is 5. The Morgan fingerprint density at radius 3 is 1.05 bits per heavy atom. The Morgan fingerprint density at radius 2 is 0.605 bits per heavy atom. The molecule has 15 aromatic rings. The second-order valence-electron chi connectivity index (χ2n) is 19.8. The van der Waals surface area contributed by atoms with Crippen LogP contribution in [0.3, 0.4) is 0 Å². The predicted molar refractivity (Wildman–Crippen MR) is 317 cm³/mol. The van der Waals surface area contributed by atoms with Crippen molar-refractivity contribution in [1.29, 1.82) is 0 Å². The van der Waals surface area contributed by atoms with Crippen LogP contribution >= 0.6 is 0 Å². The normalized spacial score (nSPS) is 11.8. The molecule has 0 aliphatic carbocycles. The van der Waals surface area contributed by atoms with E-state index in [-0.39, 0.29) is 0 Å². The highest BCUT2D eigenvalue weighted by Crippen LogP contribution is 2.41. The highest BCUT2D eigenvalue weighted by atomic mass is 15.0. The highest BCUT2D eigenvalue weighted by molar-refractivity contribution is 6.14. The van der Waals surface area contributed by atoms with Gasteiger partial charge < -0.3 is 13.7 Å². The van der Waals surface area contributed by atoms with Crippen molar-refractivity contribution in [2.75, 3.05) is 0 Å². The van der Waals surface area contributed by atoms with Gasteiger partial charge in [0.2, 0.25) is 0 Å². The van der Waals surface area contributed by atoms with E-state index >= 15 is 0 Å². The maximum atomic E-state index is 5.05. The summed E-state index contributed by atoms with van der Waals surface area (Å²) in [4.78, 5) is 10.0. The van der Waals surface area contributed by atoms with Gasteiger partial charge in [0, 0.05) is 66.1 Å². The maximum absolute atomic E-state index is 5.05. The first kappa shape index (κ1) is 43.5. The lowest BCUT2D eigenvalue weighted by molar-refractivity contribution is 1.14. The van der Waals surface area contributed by atoms with Gasteiger partial charge in [0.15, 0.2) is 5.82 Å². The smallest absolute Gasteiger partial charge is 0.160 e. The van der Waals surface area contributed by atoms with E-state index in [2.05, 4.69) is 251 Å². The molecule has 0 atom stereocenters. The van der Waals surface area contributed by atoms with Gasteiger partial charge in [-0.25, -0.2) is 9.97 Å². The molecule has 4 aromatic heterocycles. The third kappa shape index (κ3) is 7.08. The zero-order valence-electron chi connectivity index (χ0n) is 41.6. The number of nitrogens with zero attached hydrogens (tertiary/aromatic N) is 5. The van der Waals surface area contributed by atoms with Gasteiger partial charge in [0.1, 0.15) is 0 Å². The van der Waals surface area contributed by atoms with Crippen LogP contribution in [0.1, 0.15) is 5.56 Å². The van der Waals surface area contributed by atoms with Crippen molar-refractivity contribution < 1.29 is 0 Å². The summed E-state index contributed by atoms with van der Waals surface area (Å²) < 4.78 is 7.31.